The lowest BCUT2D eigenvalue weighted by atomic mass is 9.86. The van der Waals surface area contributed by atoms with E-state index in [2.05, 4.69) is 55.9 Å². The van der Waals surface area contributed by atoms with Gasteiger partial charge in [0, 0.05) is 33.2 Å². The summed E-state index contributed by atoms with van der Waals surface area (Å²) in [5.41, 5.74) is 2.91. The van der Waals surface area contributed by atoms with Gasteiger partial charge in [-0.15, -0.1) is 0 Å². The van der Waals surface area contributed by atoms with E-state index in [0.717, 1.165) is 43.4 Å². The van der Waals surface area contributed by atoms with Gasteiger partial charge in [0.1, 0.15) is 5.82 Å². The van der Waals surface area contributed by atoms with E-state index in [1.807, 2.05) is 7.05 Å². The Labute approximate surface area is 156 Å². The minimum absolute atomic E-state index is 0.588. The van der Waals surface area contributed by atoms with E-state index < -0.39 is 0 Å². The van der Waals surface area contributed by atoms with E-state index in [1.54, 1.807) is 0 Å². The smallest absolute Gasteiger partial charge is 0.193 e. The standard InChI is InChI=1S/C21H31N5/c1-17-24-18-8-3-4-9-19(18)26(17)14-7-13-23-20(22-2)25-15-12-21(16-25)10-5-6-11-21/h3-4,8-9H,5-7,10-16H2,1-2H3,(H,22,23). The molecule has 0 bridgehead atoms. The van der Waals surface area contributed by atoms with Crippen LogP contribution < -0.4 is 5.32 Å². The molecule has 4 rings (SSSR count). The molecule has 1 saturated heterocycles. The molecule has 0 amide bonds. The minimum atomic E-state index is 0.588. The predicted molar refractivity (Wildman–Crippen MR) is 108 cm³/mol. The number of aliphatic imine (C=N–C) groups is 1. The van der Waals surface area contributed by atoms with Gasteiger partial charge in [-0.3, -0.25) is 4.99 Å². The molecule has 1 aromatic carbocycles. The van der Waals surface area contributed by atoms with Crippen molar-refractivity contribution in [3.8, 4) is 0 Å². The number of guanidine groups is 1. The zero-order valence-corrected chi connectivity index (χ0v) is 16.2. The van der Waals surface area contributed by atoms with Crippen LogP contribution in [0.3, 0.4) is 0 Å². The summed E-state index contributed by atoms with van der Waals surface area (Å²) >= 11 is 0. The maximum absolute atomic E-state index is 4.66. The zero-order chi connectivity index (χ0) is 18.0. The van der Waals surface area contributed by atoms with E-state index >= 15 is 0 Å². The quantitative estimate of drug-likeness (QED) is 0.519. The van der Waals surface area contributed by atoms with Crippen LogP contribution in [-0.2, 0) is 6.54 Å². The Hall–Kier alpha value is -2.04. The number of likely N-dealkylation sites (tertiary alicyclic amines) is 1. The molecule has 1 spiro atoms. The topological polar surface area (TPSA) is 45.5 Å². The molecule has 1 N–H and O–H groups in total. The van der Waals surface area contributed by atoms with Crippen molar-refractivity contribution in [3.63, 3.8) is 0 Å². The summed E-state index contributed by atoms with van der Waals surface area (Å²) in [7, 11) is 1.91. The molecule has 0 radical (unpaired) electrons. The van der Waals surface area contributed by atoms with Gasteiger partial charge >= 0.3 is 0 Å². The third-order valence-electron chi connectivity index (χ3n) is 6.30. The molecule has 0 atom stereocenters. The minimum Gasteiger partial charge on any atom is -0.356 e. The summed E-state index contributed by atoms with van der Waals surface area (Å²) in [5.74, 6) is 2.18. The summed E-state index contributed by atoms with van der Waals surface area (Å²) in [5, 5.41) is 3.59. The lowest BCUT2D eigenvalue weighted by Crippen LogP contribution is -2.41. The van der Waals surface area contributed by atoms with Crippen molar-refractivity contribution in [1.82, 2.24) is 19.8 Å². The second-order valence-electron chi connectivity index (χ2n) is 8.01. The molecule has 1 aliphatic carbocycles. The number of hydrogen-bond acceptors (Lipinski definition) is 2. The second kappa shape index (κ2) is 7.29. The summed E-state index contributed by atoms with van der Waals surface area (Å²) in [6, 6.07) is 8.39. The fourth-order valence-corrected chi connectivity index (χ4v) is 4.90. The molecule has 2 fully saturated rings. The van der Waals surface area contributed by atoms with E-state index in [0.29, 0.717) is 5.41 Å². The number of nitrogens with one attached hydrogen (secondary N) is 1. The third kappa shape index (κ3) is 3.31. The van der Waals surface area contributed by atoms with Crippen LogP contribution in [-0.4, -0.2) is 47.1 Å². The number of aryl methyl sites for hydroxylation is 2. The molecule has 2 aromatic rings. The molecule has 2 heterocycles. The number of imidazole rings is 1. The molecule has 5 heteroatoms. The van der Waals surface area contributed by atoms with Crippen LogP contribution in [0.1, 0.15) is 44.3 Å². The van der Waals surface area contributed by atoms with Crippen molar-refractivity contribution in [3.05, 3.63) is 30.1 Å². The first-order chi connectivity index (χ1) is 12.7. The lowest BCUT2D eigenvalue weighted by molar-refractivity contribution is 0.309. The molecule has 1 aromatic heterocycles. The first-order valence-corrected chi connectivity index (χ1v) is 10.1. The number of fused-ring (bicyclic) bond motifs is 1. The average molecular weight is 354 g/mol. The summed E-state index contributed by atoms with van der Waals surface area (Å²) in [4.78, 5) is 11.7. The van der Waals surface area contributed by atoms with E-state index in [9.17, 15) is 0 Å². The predicted octanol–water partition coefficient (Wildman–Crippen LogP) is 3.58. The Bertz CT molecular complexity index is 785. The Morgan fingerprint density at radius 2 is 2.04 bits per heavy atom. The number of nitrogens with zero attached hydrogens (tertiary/aromatic N) is 4. The fraction of sp³-hybridized carbons (Fsp3) is 0.619. The normalized spacial score (nSPS) is 19.8. The lowest BCUT2D eigenvalue weighted by Gasteiger charge is -2.26. The van der Waals surface area contributed by atoms with E-state index in [4.69, 9.17) is 0 Å². The van der Waals surface area contributed by atoms with Crippen molar-refractivity contribution in [2.45, 2.75) is 52.0 Å². The third-order valence-corrected chi connectivity index (χ3v) is 6.30. The van der Waals surface area contributed by atoms with Gasteiger partial charge in [0.2, 0.25) is 0 Å². The molecule has 2 aliphatic rings. The van der Waals surface area contributed by atoms with Crippen LogP contribution in [0.5, 0.6) is 0 Å². The highest BCUT2D eigenvalue weighted by Gasteiger charge is 2.40. The van der Waals surface area contributed by atoms with Gasteiger partial charge in [-0.1, -0.05) is 25.0 Å². The van der Waals surface area contributed by atoms with Crippen molar-refractivity contribution < 1.29 is 0 Å². The van der Waals surface area contributed by atoms with Crippen molar-refractivity contribution in [2.75, 3.05) is 26.7 Å². The Balaban J connectivity index is 1.30. The van der Waals surface area contributed by atoms with Crippen molar-refractivity contribution in [2.24, 2.45) is 10.4 Å². The van der Waals surface area contributed by atoms with Crippen LogP contribution in [0, 0.1) is 12.3 Å². The Morgan fingerprint density at radius 3 is 2.85 bits per heavy atom. The van der Waals surface area contributed by atoms with E-state index in [1.165, 1.54) is 44.2 Å². The Kier molecular flexibility index (Phi) is 4.88. The molecule has 1 aliphatic heterocycles. The zero-order valence-electron chi connectivity index (χ0n) is 16.2. The number of rotatable bonds is 4. The van der Waals surface area contributed by atoms with Gasteiger partial charge in [-0.2, -0.15) is 0 Å². The number of aromatic nitrogens is 2. The van der Waals surface area contributed by atoms with Gasteiger partial charge in [0.05, 0.1) is 11.0 Å². The van der Waals surface area contributed by atoms with Crippen LogP contribution in [0.25, 0.3) is 11.0 Å². The van der Waals surface area contributed by atoms with E-state index in [-0.39, 0.29) is 0 Å². The summed E-state index contributed by atoms with van der Waals surface area (Å²) in [6.45, 7) is 6.38. The molecular weight excluding hydrogens is 322 g/mol. The van der Waals surface area contributed by atoms with Gasteiger partial charge in [-0.25, -0.2) is 4.98 Å². The fourth-order valence-electron chi connectivity index (χ4n) is 4.90. The van der Waals surface area contributed by atoms with Gasteiger partial charge in [0.15, 0.2) is 5.96 Å². The van der Waals surface area contributed by atoms with Crippen LogP contribution in [0.2, 0.25) is 0 Å². The first-order valence-electron chi connectivity index (χ1n) is 10.1. The highest BCUT2D eigenvalue weighted by atomic mass is 15.3. The number of benzene rings is 1. The first kappa shape index (κ1) is 17.4. The monoisotopic (exact) mass is 353 g/mol. The molecule has 140 valence electrons. The SMILES string of the molecule is CN=C(NCCCn1c(C)nc2ccccc21)N1CCC2(CCCC2)C1. The average Bonchev–Trinajstić information content (AvgIpc) is 3.36. The maximum atomic E-state index is 4.66. The number of hydrogen-bond donors (Lipinski definition) is 1. The second-order valence-corrected chi connectivity index (χ2v) is 8.01. The summed E-state index contributed by atoms with van der Waals surface area (Å²) in [6.07, 6.45) is 8.06. The van der Waals surface area contributed by atoms with Gasteiger partial charge in [-0.05, 0) is 50.2 Å². The molecule has 1 saturated carbocycles. The maximum Gasteiger partial charge on any atom is 0.193 e. The van der Waals surface area contributed by atoms with Gasteiger partial charge < -0.3 is 14.8 Å². The van der Waals surface area contributed by atoms with Crippen molar-refractivity contribution >= 4 is 17.0 Å². The molecular formula is C21H31N5. The van der Waals surface area contributed by atoms with Crippen LogP contribution >= 0.6 is 0 Å². The number of para-hydroxylation sites is 2. The molecule has 0 unspecified atom stereocenters. The molecule has 5 nitrogen and oxygen atoms in total. The van der Waals surface area contributed by atoms with Gasteiger partial charge in [0.25, 0.3) is 0 Å². The van der Waals surface area contributed by atoms with Crippen LogP contribution in [0.4, 0.5) is 0 Å². The molecule has 26 heavy (non-hydrogen) atoms. The largest absolute Gasteiger partial charge is 0.356 e. The highest BCUT2D eigenvalue weighted by molar-refractivity contribution is 5.80. The highest BCUT2D eigenvalue weighted by Crippen LogP contribution is 2.45. The Morgan fingerprint density at radius 1 is 1.23 bits per heavy atom. The van der Waals surface area contributed by atoms with Crippen molar-refractivity contribution in [1.29, 1.82) is 0 Å². The van der Waals surface area contributed by atoms with Crippen LogP contribution in [0.15, 0.2) is 29.3 Å². The summed E-state index contributed by atoms with van der Waals surface area (Å²) < 4.78 is 2.32.